The van der Waals surface area contributed by atoms with Crippen molar-refractivity contribution in [2.45, 2.75) is 32.2 Å². The van der Waals surface area contributed by atoms with Gasteiger partial charge in [-0.15, -0.1) is 0 Å². The fourth-order valence-electron chi connectivity index (χ4n) is 2.31. The molecule has 0 radical (unpaired) electrons. The maximum absolute atomic E-state index is 2.35. The Balaban J connectivity index is 2.23. The van der Waals surface area contributed by atoms with Gasteiger partial charge in [0.05, 0.1) is 0 Å². The number of hydrogen-bond acceptors (Lipinski definition) is 1. The van der Waals surface area contributed by atoms with E-state index in [1.54, 1.807) is 11.1 Å². The Labute approximate surface area is 86.7 Å². The van der Waals surface area contributed by atoms with Gasteiger partial charge in [0.1, 0.15) is 0 Å². The Kier molecular flexibility index (Phi) is 2.60. The minimum Gasteiger partial charge on any atom is -0.306 e. The topological polar surface area (TPSA) is 3.24 Å². The summed E-state index contributed by atoms with van der Waals surface area (Å²) in [6.45, 7) is 2.18. The predicted molar refractivity (Wildman–Crippen MR) is 60.7 cm³/mol. The first kappa shape index (κ1) is 9.72. The van der Waals surface area contributed by atoms with Crippen LogP contribution in [0, 0.1) is 6.92 Å². The quantitative estimate of drug-likeness (QED) is 0.656. The minimum absolute atomic E-state index is 0.741. The normalized spacial score (nSPS) is 21.0. The smallest absolute Gasteiger partial charge is 0.0133 e. The molecule has 1 aromatic carbocycles. The molecule has 0 amide bonds. The van der Waals surface area contributed by atoms with Crippen LogP contribution in [0.1, 0.15) is 23.1 Å². The minimum atomic E-state index is 0.741. The van der Waals surface area contributed by atoms with Crippen LogP contribution in [0.2, 0.25) is 0 Å². The molecule has 0 bridgehead atoms. The average Bonchev–Trinajstić information content (AvgIpc) is 2.16. The molecular formula is C13H19N. The second kappa shape index (κ2) is 3.74. The van der Waals surface area contributed by atoms with Gasteiger partial charge in [0, 0.05) is 6.04 Å². The van der Waals surface area contributed by atoms with Crippen molar-refractivity contribution in [3.05, 3.63) is 34.9 Å². The number of benzene rings is 1. The molecule has 0 N–H and O–H groups in total. The van der Waals surface area contributed by atoms with Gasteiger partial charge in [-0.25, -0.2) is 0 Å². The van der Waals surface area contributed by atoms with Gasteiger partial charge in [-0.2, -0.15) is 0 Å². The van der Waals surface area contributed by atoms with Crippen molar-refractivity contribution in [3.8, 4) is 0 Å². The lowest BCUT2D eigenvalue weighted by Gasteiger charge is -2.30. The molecule has 0 spiro atoms. The highest BCUT2D eigenvalue weighted by atomic mass is 15.1. The van der Waals surface area contributed by atoms with E-state index < -0.39 is 0 Å². The largest absolute Gasteiger partial charge is 0.306 e. The van der Waals surface area contributed by atoms with Crippen LogP contribution in [0.15, 0.2) is 18.2 Å². The summed E-state index contributed by atoms with van der Waals surface area (Å²) in [6.07, 6.45) is 3.78. The molecule has 0 saturated carbocycles. The van der Waals surface area contributed by atoms with E-state index in [0.717, 1.165) is 6.04 Å². The molecule has 1 aliphatic carbocycles. The predicted octanol–water partition coefficient (Wildman–Crippen LogP) is 2.41. The zero-order valence-electron chi connectivity index (χ0n) is 9.38. The fraction of sp³-hybridized carbons (Fsp3) is 0.538. The second-order valence-electron chi connectivity index (χ2n) is 4.63. The van der Waals surface area contributed by atoms with E-state index in [1.807, 2.05) is 0 Å². The van der Waals surface area contributed by atoms with Crippen LogP contribution in [0.4, 0.5) is 0 Å². The first-order valence-electron chi connectivity index (χ1n) is 5.41. The Bertz CT molecular complexity index is 328. The van der Waals surface area contributed by atoms with Crippen molar-refractivity contribution in [1.82, 2.24) is 4.90 Å². The van der Waals surface area contributed by atoms with E-state index >= 15 is 0 Å². The van der Waals surface area contributed by atoms with Crippen LogP contribution >= 0.6 is 0 Å². The van der Waals surface area contributed by atoms with Crippen molar-refractivity contribution >= 4 is 0 Å². The van der Waals surface area contributed by atoms with Crippen molar-refractivity contribution < 1.29 is 0 Å². The third-order valence-electron chi connectivity index (χ3n) is 3.29. The lowest BCUT2D eigenvalue weighted by atomic mass is 9.87. The zero-order valence-corrected chi connectivity index (χ0v) is 9.38. The summed E-state index contributed by atoms with van der Waals surface area (Å²) in [5.41, 5.74) is 4.52. The second-order valence-corrected chi connectivity index (χ2v) is 4.63. The average molecular weight is 189 g/mol. The molecule has 0 saturated heterocycles. The molecule has 0 heterocycles. The van der Waals surface area contributed by atoms with Gasteiger partial charge in [-0.05, 0) is 51.4 Å². The summed E-state index contributed by atoms with van der Waals surface area (Å²) in [4.78, 5) is 2.35. The summed E-state index contributed by atoms with van der Waals surface area (Å²) in [7, 11) is 4.37. The summed E-state index contributed by atoms with van der Waals surface area (Å²) in [6, 6.07) is 7.63. The van der Waals surface area contributed by atoms with Gasteiger partial charge in [-0.1, -0.05) is 23.8 Å². The SMILES string of the molecule is Cc1ccc2c(c1)CCC(N(C)C)C2. The highest BCUT2D eigenvalue weighted by molar-refractivity contribution is 5.34. The van der Waals surface area contributed by atoms with E-state index in [2.05, 4.69) is 44.1 Å². The van der Waals surface area contributed by atoms with Crippen LogP contribution in [0.3, 0.4) is 0 Å². The fourth-order valence-corrected chi connectivity index (χ4v) is 2.31. The summed E-state index contributed by atoms with van der Waals surface area (Å²) in [5, 5.41) is 0. The lowest BCUT2D eigenvalue weighted by Crippen LogP contribution is -2.33. The number of nitrogens with zero attached hydrogens (tertiary/aromatic N) is 1. The van der Waals surface area contributed by atoms with Gasteiger partial charge in [0.25, 0.3) is 0 Å². The molecule has 1 aromatic rings. The maximum Gasteiger partial charge on any atom is 0.0133 e. The van der Waals surface area contributed by atoms with Crippen LogP contribution in [0.5, 0.6) is 0 Å². The Morgan fingerprint density at radius 1 is 1.21 bits per heavy atom. The van der Waals surface area contributed by atoms with E-state index in [-0.39, 0.29) is 0 Å². The third kappa shape index (κ3) is 1.83. The number of fused-ring (bicyclic) bond motifs is 1. The summed E-state index contributed by atoms with van der Waals surface area (Å²) >= 11 is 0. The summed E-state index contributed by atoms with van der Waals surface area (Å²) in [5.74, 6) is 0. The van der Waals surface area contributed by atoms with Crippen molar-refractivity contribution in [2.24, 2.45) is 0 Å². The van der Waals surface area contributed by atoms with Gasteiger partial charge in [0.15, 0.2) is 0 Å². The molecule has 1 unspecified atom stereocenters. The van der Waals surface area contributed by atoms with E-state index in [0.29, 0.717) is 0 Å². The van der Waals surface area contributed by atoms with Crippen molar-refractivity contribution in [2.75, 3.05) is 14.1 Å². The molecule has 0 aliphatic heterocycles. The Morgan fingerprint density at radius 2 is 2.00 bits per heavy atom. The molecule has 76 valence electrons. The molecule has 1 aliphatic rings. The van der Waals surface area contributed by atoms with E-state index in [4.69, 9.17) is 0 Å². The molecule has 1 nitrogen and oxygen atoms in total. The number of hydrogen-bond donors (Lipinski definition) is 0. The van der Waals surface area contributed by atoms with E-state index in [1.165, 1.54) is 24.8 Å². The Hall–Kier alpha value is -0.820. The third-order valence-corrected chi connectivity index (χ3v) is 3.29. The number of likely N-dealkylation sites (N-methyl/N-ethyl adjacent to an activating group) is 1. The van der Waals surface area contributed by atoms with Gasteiger partial charge < -0.3 is 4.90 Å². The molecule has 1 atom stereocenters. The molecule has 0 aromatic heterocycles. The van der Waals surface area contributed by atoms with Crippen molar-refractivity contribution in [3.63, 3.8) is 0 Å². The van der Waals surface area contributed by atoms with Gasteiger partial charge in [-0.3, -0.25) is 0 Å². The zero-order chi connectivity index (χ0) is 10.1. The first-order chi connectivity index (χ1) is 6.66. The molecule has 14 heavy (non-hydrogen) atoms. The number of aryl methyl sites for hydroxylation is 2. The molecule has 2 rings (SSSR count). The van der Waals surface area contributed by atoms with Crippen LogP contribution in [-0.4, -0.2) is 25.0 Å². The first-order valence-corrected chi connectivity index (χ1v) is 5.41. The monoisotopic (exact) mass is 189 g/mol. The Morgan fingerprint density at radius 3 is 2.71 bits per heavy atom. The van der Waals surface area contributed by atoms with Crippen LogP contribution < -0.4 is 0 Å². The van der Waals surface area contributed by atoms with Crippen molar-refractivity contribution in [1.29, 1.82) is 0 Å². The highest BCUT2D eigenvalue weighted by Crippen LogP contribution is 2.24. The van der Waals surface area contributed by atoms with Gasteiger partial charge in [0.2, 0.25) is 0 Å². The summed E-state index contributed by atoms with van der Waals surface area (Å²) < 4.78 is 0. The molecule has 1 heteroatoms. The highest BCUT2D eigenvalue weighted by Gasteiger charge is 2.19. The standard InChI is InChI=1S/C13H19N/c1-10-4-5-12-9-13(14(2)3)7-6-11(12)8-10/h4-5,8,13H,6-7,9H2,1-3H3. The van der Waals surface area contributed by atoms with Crippen LogP contribution in [0.25, 0.3) is 0 Å². The lowest BCUT2D eigenvalue weighted by molar-refractivity contribution is 0.268. The molecule has 0 fully saturated rings. The van der Waals surface area contributed by atoms with Gasteiger partial charge >= 0.3 is 0 Å². The van der Waals surface area contributed by atoms with Crippen LogP contribution in [-0.2, 0) is 12.8 Å². The maximum atomic E-state index is 2.35. The van der Waals surface area contributed by atoms with E-state index in [9.17, 15) is 0 Å². The molecular weight excluding hydrogens is 170 g/mol. The number of rotatable bonds is 1.